The number of hydrogen-bond acceptors (Lipinski definition) is 5. The van der Waals surface area contributed by atoms with Crippen molar-refractivity contribution in [3.8, 4) is 0 Å². The molecule has 0 bridgehead atoms. The molecule has 0 aliphatic carbocycles. The van der Waals surface area contributed by atoms with Crippen LogP contribution in [0.5, 0.6) is 0 Å². The van der Waals surface area contributed by atoms with Gasteiger partial charge in [0.05, 0.1) is 13.2 Å². The summed E-state index contributed by atoms with van der Waals surface area (Å²) in [5.74, 6) is 0. The van der Waals surface area contributed by atoms with Crippen molar-refractivity contribution in [1.29, 1.82) is 0 Å². The first-order valence-electron chi connectivity index (χ1n) is 10.1. The van der Waals surface area contributed by atoms with Crippen molar-refractivity contribution < 1.29 is 24.8 Å². The Labute approximate surface area is 153 Å². The Morgan fingerprint density at radius 1 is 1.04 bits per heavy atom. The van der Waals surface area contributed by atoms with Gasteiger partial charge in [-0.2, -0.15) is 0 Å². The van der Waals surface area contributed by atoms with Crippen LogP contribution in [0.3, 0.4) is 0 Å². The van der Waals surface area contributed by atoms with Crippen molar-refractivity contribution in [1.82, 2.24) is 0 Å². The third-order valence-corrected chi connectivity index (χ3v) is 4.72. The van der Waals surface area contributed by atoms with Crippen LogP contribution >= 0.6 is 0 Å². The van der Waals surface area contributed by atoms with Crippen LogP contribution in [0, 0.1) is 0 Å². The lowest BCUT2D eigenvalue weighted by atomic mass is 10.1. The molecular weight excluding hydrogens is 320 g/mol. The molecule has 0 spiro atoms. The largest absolute Gasteiger partial charge is 0.394 e. The minimum Gasteiger partial charge on any atom is -0.394 e. The quantitative estimate of drug-likeness (QED) is 0.310. The minimum absolute atomic E-state index is 0.268. The van der Waals surface area contributed by atoms with Crippen molar-refractivity contribution in [2.24, 2.45) is 0 Å². The van der Waals surface area contributed by atoms with Gasteiger partial charge >= 0.3 is 0 Å². The molecule has 1 fully saturated rings. The third-order valence-electron chi connectivity index (χ3n) is 4.72. The Balaban J connectivity index is 1.92. The van der Waals surface area contributed by atoms with Crippen LogP contribution in [0.2, 0.25) is 0 Å². The number of unbranched alkanes of at least 4 members (excludes halogenated alkanes) is 8. The van der Waals surface area contributed by atoms with Gasteiger partial charge < -0.3 is 24.8 Å². The summed E-state index contributed by atoms with van der Waals surface area (Å²) in [5, 5.41) is 28.5. The van der Waals surface area contributed by atoms with Crippen LogP contribution in [-0.4, -0.2) is 59.6 Å². The molecule has 25 heavy (non-hydrogen) atoms. The average Bonchev–Trinajstić information content (AvgIpc) is 2.99. The third kappa shape index (κ3) is 9.71. The van der Waals surface area contributed by atoms with Gasteiger partial charge in [-0.3, -0.25) is 0 Å². The predicted octanol–water partition coefficient (Wildman–Crippen LogP) is 2.96. The molecule has 0 amide bonds. The van der Waals surface area contributed by atoms with Crippen LogP contribution in [-0.2, 0) is 9.47 Å². The van der Waals surface area contributed by atoms with Gasteiger partial charge in [-0.25, -0.2) is 0 Å². The molecule has 0 aromatic carbocycles. The van der Waals surface area contributed by atoms with Gasteiger partial charge in [0, 0.05) is 6.61 Å². The van der Waals surface area contributed by atoms with Gasteiger partial charge in [0.2, 0.25) is 0 Å². The van der Waals surface area contributed by atoms with E-state index in [2.05, 4.69) is 19.1 Å². The van der Waals surface area contributed by atoms with E-state index in [1.807, 2.05) is 0 Å². The van der Waals surface area contributed by atoms with Crippen LogP contribution < -0.4 is 0 Å². The van der Waals surface area contributed by atoms with Gasteiger partial charge in [-0.15, -0.1) is 0 Å². The summed E-state index contributed by atoms with van der Waals surface area (Å²) < 4.78 is 10.9. The zero-order chi connectivity index (χ0) is 18.3. The molecule has 1 rings (SSSR count). The van der Waals surface area contributed by atoms with Crippen molar-refractivity contribution in [2.75, 3.05) is 19.8 Å². The van der Waals surface area contributed by atoms with E-state index in [1.54, 1.807) is 0 Å². The minimum atomic E-state index is -1.05. The Bertz CT molecular complexity index is 334. The van der Waals surface area contributed by atoms with E-state index >= 15 is 0 Å². The summed E-state index contributed by atoms with van der Waals surface area (Å²) in [6.45, 7) is 2.69. The molecular formula is C20H38O5. The summed E-state index contributed by atoms with van der Waals surface area (Å²) >= 11 is 0. The summed E-state index contributed by atoms with van der Waals surface area (Å²) in [5.41, 5.74) is 0. The maximum atomic E-state index is 10.0. The van der Waals surface area contributed by atoms with E-state index in [0.29, 0.717) is 6.61 Å². The van der Waals surface area contributed by atoms with Crippen molar-refractivity contribution in [2.45, 2.75) is 95.5 Å². The fraction of sp³-hybridized carbons (Fsp3) is 0.900. The van der Waals surface area contributed by atoms with Crippen LogP contribution in [0.15, 0.2) is 12.2 Å². The SMILES string of the molecule is CCCCCCC/C=C/CCCCCO[C@H]1CO[C@H]([C@H](O)CO)[C@@H]1O. The Kier molecular flexibility index (Phi) is 13.3. The van der Waals surface area contributed by atoms with E-state index < -0.39 is 31.0 Å². The van der Waals surface area contributed by atoms with Crippen LogP contribution in [0.4, 0.5) is 0 Å². The molecule has 1 aliphatic rings. The maximum absolute atomic E-state index is 10.0. The Hall–Kier alpha value is -0.460. The van der Waals surface area contributed by atoms with Gasteiger partial charge in [0.1, 0.15) is 24.4 Å². The molecule has 0 unspecified atom stereocenters. The monoisotopic (exact) mass is 358 g/mol. The first kappa shape index (κ1) is 22.6. The molecule has 0 radical (unpaired) electrons. The fourth-order valence-electron chi connectivity index (χ4n) is 3.08. The summed E-state index contributed by atoms with van der Waals surface area (Å²) in [4.78, 5) is 0. The van der Waals surface area contributed by atoms with Crippen LogP contribution in [0.1, 0.15) is 71.1 Å². The highest BCUT2D eigenvalue weighted by molar-refractivity contribution is 4.88. The Morgan fingerprint density at radius 2 is 1.68 bits per heavy atom. The predicted molar refractivity (Wildman–Crippen MR) is 99.6 cm³/mol. The lowest BCUT2D eigenvalue weighted by Crippen LogP contribution is -2.41. The standard InChI is InChI=1S/C20H38O5/c1-2-3-4-5-6-7-8-9-10-11-12-13-14-24-18-16-25-20(19(18)23)17(22)15-21/h8-9,17-23H,2-7,10-16H2,1H3/b9-8+/t17-,18+,19-,20-/m1/s1. The molecule has 1 saturated heterocycles. The van der Waals surface area contributed by atoms with Crippen LogP contribution in [0.25, 0.3) is 0 Å². The zero-order valence-electron chi connectivity index (χ0n) is 15.8. The summed E-state index contributed by atoms with van der Waals surface area (Å²) in [6, 6.07) is 0. The molecule has 0 aromatic rings. The highest BCUT2D eigenvalue weighted by atomic mass is 16.6. The van der Waals surface area contributed by atoms with Gasteiger partial charge in [-0.05, 0) is 32.1 Å². The summed E-state index contributed by atoms with van der Waals surface area (Å²) in [6.07, 6.45) is 13.7. The fourth-order valence-corrected chi connectivity index (χ4v) is 3.08. The normalized spacial score (nSPS) is 25.0. The molecule has 1 aliphatic heterocycles. The number of ether oxygens (including phenoxy) is 2. The van der Waals surface area contributed by atoms with E-state index in [4.69, 9.17) is 14.6 Å². The van der Waals surface area contributed by atoms with Gasteiger partial charge in [0.25, 0.3) is 0 Å². The highest BCUT2D eigenvalue weighted by Crippen LogP contribution is 2.20. The second-order valence-corrected chi connectivity index (χ2v) is 6.97. The molecule has 0 saturated carbocycles. The molecule has 148 valence electrons. The zero-order valence-corrected chi connectivity index (χ0v) is 15.8. The van der Waals surface area contributed by atoms with E-state index in [0.717, 1.165) is 25.7 Å². The first-order valence-corrected chi connectivity index (χ1v) is 10.1. The lowest BCUT2D eigenvalue weighted by Gasteiger charge is -2.20. The van der Waals surface area contributed by atoms with Crippen molar-refractivity contribution >= 4 is 0 Å². The molecule has 1 heterocycles. The average molecular weight is 359 g/mol. The van der Waals surface area contributed by atoms with Gasteiger partial charge in [0.15, 0.2) is 0 Å². The smallest absolute Gasteiger partial charge is 0.114 e. The molecule has 0 aromatic heterocycles. The molecule has 5 heteroatoms. The van der Waals surface area contributed by atoms with Crippen molar-refractivity contribution in [3.63, 3.8) is 0 Å². The lowest BCUT2D eigenvalue weighted by molar-refractivity contribution is -0.0730. The van der Waals surface area contributed by atoms with E-state index in [-0.39, 0.29) is 6.61 Å². The van der Waals surface area contributed by atoms with Gasteiger partial charge in [-0.1, -0.05) is 51.2 Å². The summed E-state index contributed by atoms with van der Waals surface area (Å²) in [7, 11) is 0. The molecule has 3 N–H and O–H groups in total. The van der Waals surface area contributed by atoms with E-state index in [9.17, 15) is 10.2 Å². The number of allylic oxidation sites excluding steroid dienone is 2. The number of aliphatic hydroxyl groups is 3. The molecule has 5 nitrogen and oxygen atoms in total. The molecule has 4 atom stereocenters. The second kappa shape index (κ2) is 14.7. The topological polar surface area (TPSA) is 79.2 Å². The Morgan fingerprint density at radius 3 is 2.32 bits per heavy atom. The maximum Gasteiger partial charge on any atom is 0.114 e. The second-order valence-electron chi connectivity index (χ2n) is 6.97. The number of hydrogen-bond donors (Lipinski definition) is 3. The number of rotatable bonds is 15. The number of aliphatic hydroxyl groups excluding tert-OH is 3. The highest BCUT2D eigenvalue weighted by Gasteiger charge is 2.40. The first-order chi connectivity index (χ1) is 12.2. The van der Waals surface area contributed by atoms with Crippen molar-refractivity contribution in [3.05, 3.63) is 12.2 Å². The van der Waals surface area contributed by atoms with E-state index in [1.165, 1.54) is 38.5 Å².